The van der Waals surface area contributed by atoms with Crippen molar-refractivity contribution in [3.8, 4) is 0 Å². The number of rotatable bonds is 3. The van der Waals surface area contributed by atoms with E-state index in [1.807, 2.05) is 64.6 Å². The van der Waals surface area contributed by atoms with Gasteiger partial charge in [-0.05, 0) is 121 Å². The Labute approximate surface area is 748 Å². The summed E-state index contributed by atoms with van der Waals surface area (Å²) in [4.78, 5) is 84.1. The summed E-state index contributed by atoms with van der Waals surface area (Å²) in [6.45, 7) is 19.2. The summed E-state index contributed by atoms with van der Waals surface area (Å²) in [5, 5.41) is 30.6. The third-order valence-electron chi connectivity index (χ3n) is 17.8. The van der Waals surface area contributed by atoms with Crippen LogP contribution < -0.4 is 51.0 Å². The third kappa shape index (κ3) is 41.0. The van der Waals surface area contributed by atoms with Gasteiger partial charge in [0.15, 0.2) is 11.6 Å². The molecule has 3 unspecified atom stereocenters. The first-order valence-corrected chi connectivity index (χ1v) is 41.5. The molecule has 28 nitrogen and oxygen atoms in total. The maximum absolute atomic E-state index is 11.8. The third-order valence-corrected chi connectivity index (χ3v) is 17.8. The van der Waals surface area contributed by atoms with Gasteiger partial charge in [-0.1, -0.05) is 131 Å². The topological polar surface area (TPSA) is 326 Å². The average molecular weight is 2240 g/mol. The van der Waals surface area contributed by atoms with Gasteiger partial charge in [0, 0.05) is 165 Å². The van der Waals surface area contributed by atoms with Gasteiger partial charge in [0.2, 0.25) is 0 Å². The number of likely N-dealkylation sites (tertiary alicyclic amines) is 4. The van der Waals surface area contributed by atoms with E-state index in [1.165, 1.54) is 27.8 Å². The van der Waals surface area contributed by atoms with Crippen molar-refractivity contribution in [3.05, 3.63) is 68.1 Å². The molecule has 0 saturated carbocycles. The summed E-state index contributed by atoms with van der Waals surface area (Å²) in [6.07, 6.45) is 11.1. The molecule has 2 spiro atoms. The number of ether oxygens (including phenoxy) is 6. The molecule has 6 saturated heterocycles. The number of esters is 2. The molecule has 0 aromatic carbocycles. The number of hydroxylamine groups is 1. The molecule has 3 atom stereocenters. The number of piperidine rings is 1. The van der Waals surface area contributed by atoms with Crippen molar-refractivity contribution >= 4 is 165 Å². The maximum atomic E-state index is 11.8. The number of nitrogens with one attached hydrogen (secondary N) is 3. The molecule has 104 heavy (non-hydrogen) atoms. The number of H-pyrrole nitrogens is 1. The second kappa shape index (κ2) is 63.5. The molecule has 0 bridgehead atoms. The number of ketones is 2. The molecule has 2 radical (unpaired) electrons. The van der Waals surface area contributed by atoms with Crippen molar-refractivity contribution < 1.29 is 144 Å². The Morgan fingerprint density at radius 3 is 1.42 bits per heavy atom. The molecule has 9 aliphatic heterocycles. The van der Waals surface area contributed by atoms with Gasteiger partial charge in [0.1, 0.15) is 40.6 Å². The largest absolute Gasteiger partial charge is 1.00 e. The first kappa shape index (κ1) is 112. The van der Waals surface area contributed by atoms with Crippen molar-refractivity contribution in [1.29, 1.82) is 0 Å². The van der Waals surface area contributed by atoms with E-state index in [0.717, 1.165) is 197 Å². The molecule has 3 aromatic rings. The Hall–Kier alpha value is 1.21. The number of carbonyl (C=O) groups is 5. The van der Waals surface area contributed by atoms with Crippen LogP contribution in [0, 0.1) is 44.0 Å². The van der Waals surface area contributed by atoms with Crippen LogP contribution in [0.25, 0.3) is 0 Å². The van der Waals surface area contributed by atoms with E-state index in [1.54, 1.807) is 5.48 Å². The number of halogens is 6. The van der Waals surface area contributed by atoms with Crippen LogP contribution in [0.1, 0.15) is 106 Å². The first-order chi connectivity index (χ1) is 47.4. The predicted molar refractivity (Wildman–Crippen MR) is 441 cm³/mol. The zero-order valence-corrected chi connectivity index (χ0v) is 80.3. The molecule has 12 heterocycles. The van der Waals surface area contributed by atoms with Crippen molar-refractivity contribution in [3.63, 3.8) is 0 Å². The number of fused-ring (bicyclic) bond motifs is 3. The van der Waals surface area contributed by atoms with E-state index in [4.69, 9.17) is 47.6 Å². The Morgan fingerprint density at radius 1 is 0.596 bits per heavy atom. The van der Waals surface area contributed by atoms with E-state index in [0.29, 0.717) is 57.9 Å². The van der Waals surface area contributed by atoms with Gasteiger partial charge < -0.3 is 112 Å². The number of aryl methyl sites for hydroxylation is 2. The molecule has 1 amide bonds. The fraction of sp³-hybridized carbons (Fsp3) is 0.761. The van der Waals surface area contributed by atoms with Gasteiger partial charge in [0.05, 0.1) is 66.0 Å². The minimum atomic E-state index is -0.836. The number of methoxy groups -OCH3 is 2. The van der Waals surface area contributed by atoms with Crippen LogP contribution in [-0.4, -0.2) is 275 Å². The number of aromatic nitrogens is 3. The Balaban J connectivity index is -0.000000361. The van der Waals surface area contributed by atoms with Gasteiger partial charge in [0.25, 0.3) is 11.5 Å². The zero-order valence-electron chi connectivity index (χ0n) is 63.6. The number of alkyl halides is 5. The number of hydrogen-bond acceptors (Lipinski definition) is 26. The van der Waals surface area contributed by atoms with Crippen molar-refractivity contribution in [2.45, 2.75) is 123 Å². The van der Waals surface area contributed by atoms with Crippen LogP contribution >= 0.6 is 136 Å². The number of carbonyl (C=O) groups excluding carboxylic acids is 5. The van der Waals surface area contributed by atoms with Crippen LogP contribution in [0.15, 0.2) is 18.4 Å². The summed E-state index contributed by atoms with van der Waals surface area (Å²) in [5.74, 6) is -0.442. The molecule has 12 rings (SSSR count). The van der Waals surface area contributed by atoms with E-state index in [9.17, 15) is 28.8 Å². The number of nitrogens with zero attached hydrogens (tertiary/aromatic N) is 8. The van der Waals surface area contributed by atoms with Gasteiger partial charge in [-0.15, -0.1) is 0 Å². The number of aromatic amines is 1. The molecule has 596 valence electrons. The number of hydrogen-bond donors (Lipinski definition) is 4. The normalized spacial score (nSPS) is 21.1. The van der Waals surface area contributed by atoms with Crippen LogP contribution in [0.2, 0.25) is 0 Å². The summed E-state index contributed by atoms with van der Waals surface area (Å²) < 4.78 is 49.5. The summed E-state index contributed by atoms with van der Waals surface area (Å²) in [5.41, 5.74) is 7.26. The van der Waals surface area contributed by atoms with E-state index >= 15 is 0 Å². The maximum Gasteiger partial charge on any atom is 1.00 e. The van der Waals surface area contributed by atoms with Crippen LogP contribution in [-0.2, 0) is 128 Å². The Bertz CT molecular complexity index is 2770. The van der Waals surface area contributed by atoms with Crippen LogP contribution in [0.3, 0.4) is 0 Å². The van der Waals surface area contributed by atoms with Crippen molar-refractivity contribution in [2.24, 2.45) is 17.8 Å². The fourth-order valence-electron chi connectivity index (χ4n) is 11.9. The summed E-state index contributed by atoms with van der Waals surface area (Å²) >= 11 is 13.4. The van der Waals surface area contributed by atoms with Gasteiger partial charge in [-0.25, -0.2) is 5.48 Å². The molecule has 3 aromatic heterocycles. The minimum absolute atomic E-state index is 0. The Morgan fingerprint density at radius 2 is 0.962 bits per heavy atom. The molecule has 0 aliphatic carbocycles. The zero-order chi connectivity index (χ0) is 74.1. The number of Topliss-reactive ketones (excluding diaryl/α,β-unsaturated/α-hetero) is 2. The molecular formula is C67H117I6N11NaO17V2-. The molecule has 6 fully saturated rings. The predicted octanol–water partition coefficient (Wildman–Crippen LogP) is 4.63. The number of likely N-dealkylation sites (N-methyl/N-ethyl adjacent to an activating group) is 2. The molecule has 9 aliphatic rings. The monoisotopic (exact) mass is 2230 g/mol. The van der Waals surface area contributed by atoms with E-state index in [-0.39, 0.29) is 112 Å². The standard InChI is InChI=1S/C11H19NO4.C10H18N2O4.C9H14N2O.C9H15NO3.C8H12N2O2.C8H12N2O.C6H11NO.CHI3.CH2I2.CH2I.CH3O.CH4.CH3.Na.2V/c1-12-5-3-9(10(13)14-2)11(4-6-12)15-7-8-16-11;1-12-4-2-8(9(13)11-14)10(3-5-12)15-6-7-16-10;1-7-8-3-5-11(2)6-4-9(8)12-10-7;1-10-5-3-7(9(12)13-2)8(11)4-6-10;1-10-4-2-6-7(3-5-10)12-9-8(6)11;1-6-7-2-4-9-5-3-8(7)11-10-6;1-7-4-2-6(8)3-5-7;2-1(3)4;2-1-3;2*1-2;;;;;/h9H,3-8H2,1-2H3;8,14H,2-7H2,1H3,(H,11,13);3-6H2,1-2H3;7H,3-6H2,1-2H3;2-5H2,1H3,(H,9,11);9H,2-5H2,1H3;2-5H2,1H3;1H;1H2;1H2;1H3;1H4;1H3;;;/q;;;;;;;;;2*-1;;-1;+1;;/p+1. The quantitative estimate of drug-likeness (QED) is 0.0406. The SMILES string of the molecule is C.CN1CCC(=O)CC1.CN1CCC(C(=O)NO)C2(CC1)OCCO2.CN1CCc2o[nH]c(=O)c2CC1.COC(=O)C1CCN(C)CCC12OCCO2.COC(=O)C1CCN(C)CCC1=O.C[O-].Cc1noc2c1CCN(C)CC2.Cc1noc2c1CCNCC2.IC(I)I.ICI.[CH2-]I.[CH3-].[H+].[Na+].[V].[V]. The van der Waals surface area contributed by atoms with Crippen molar-refractivity contribution in [1.82, 2.24) is 55.7 Å². The second-order valence-electron chi connectivity index (χ2n) is 24.5. The van der Waals surface area contributed by atoms with Gasteiger partial charge in [-0.2, -0.15) is 12.3 Å². The average Bonchev–Trinajstić information content (AvgIpc) is 1.70. The molecule has 37 heteroatoms. The summed E-state index contributed by atoms with van der Waals surface area (Å²) in [6, 6.07) is 0. The van der Waals surface area contributed by atoms with Gasteiger partial charge >= 0.3 is 42.9 Å². The summed E-state index contributed by atoms with van der Waals surface area (Å²) in [7, 11) is 15.7. The first-order valence-electron chi connectivity index (χ1n) is 33.2. The van der Waals surface area contributed by atoms with Crippen molar-refractivity contribution in [2.75, 3.05) is 184 Å². The van der Waals surface area contributed by atoms with Gasteiger partial charge in [-0.3, -0.25) is 38.9 Å². The Kier molecular flexibility index (Phi) is 68.1. The van der Waals surface area contributed by atoms with E-state index < -0.39 is 29.3 Å². The smallest absolute Gasteiger partial charge is 0.857 e. The fourth-order valence-corrected chi connectivity index (χ4v) is 11.9. The van der Waals surface area contributed by atoms with Crippen LogP contribution in [0.5, 0.6) is 0 Å². The number of amides is 1. The van der Waals surface area contributed by atoms with Crippen LogP contribution in [0.4, 0.5) is 0 Å². The second-order valence-corrected chi connectivity index (χ2v) is 39.8. The molecule has 4 N–H and O–H groups in total. The minimum Gasteiger partial charge on any atom is -0.857 e. The molecular weight excluding hydrogens is 2120 g/mol. The van der Waals surface area contributed by atoms with E-state index in [2.05, 4.69) is 187 Å².